The van der Waals surface area contributed by atoms with Crippen LogP contribution in [-0.4, -0.2) is 36.7 Å². The van der Waals surface area contributed by atoms with E-state index in [-0.39, 0.29) is 11.9 Å². The summed E-state index contributed by atoms with van der Waals surface area (Å²) in [5.41, 5.74) is 2.27. The predicted molar refractivity (Wildman–Crippen MR) is 88.3 cm³/mol. The third-order valence-electron chi connectivity index (χ3n) is 3.42. The van der Waals surface area contributed by atoms with Crippen molar-refractivity contribution >= 4 is 29.3 Å². The molecule has 2 rings (SSSR count). The summed E-state index contributed by atoms with van der Waals surface area (Å²) in [6.07, 6.45) is 0.767. The highest BCUT2D eigenvalue weighted by Crippen LogP contribution is 2.28. The zero-order chi connectivity index (χ0) is 15.2. The predicted octanol–water partition coefficient (Wildman–Crippen LogP) is 2.37. The largest absolute Gasteiger partial charge is 0.492 e. The Hall–Kier alpha value is -0.910. The fourth-order valence-electron chi connectivity index (χ4n) is 2.24. The molecule has 1 aliphatic heterocycles. The highest BCUT2D eigenvalue weighted by Gasteiger charge is 2.21. The van der Waals surface area contributed by atoms with Gasteiger partial charge >= 0.3 is 0 Å². The summed E-state index contributed by atoms with van der Waals surface area (Å²) >= 11 is 7.95. The van der Waals surface area contributed by atoms with E-state index in [0.29, 0.717) is 18.2 Å². The van der Waals surface area contributed by atoms with Gasteiger partial charge in [0.25, 0.3) is 0 Å². The minimum absolute atomic E-state index is 0.0555. The maximum Gasteiger partial charge on any atom is 0.238 e. The standard InChI is InChI=1S/C15H21ClN2O2S/c1-3-20-14-6-10(2)11(7-12(14)16)4-5-17-15(19)13-8-21-9-18-13/h6-7,13,18H,3-5,8-9H2,1-2H3,(H,17,19). The third-order valence-corrected chi connectivity index (χ3v) is 4.65. The lowest BCUT2D eigenvalue weighted by atomic mass is 10.1. The van der Waals surface area contributed by atoms with Crippen LogP contribution in [0.1, 0.15) is 18.1 Å². The van der Waals surface area contributed by atoms with Gasteiger partial charge in [0.15, 0.2) is 0 Å². The van der Waals surface area contributed by atoms with Gasteiger partial charge in [-0.3, -0.25) is 10.1 Å². The normalized spacial score (nSPS) is 17.8. The first-order valence-electron chi connectivity index (χ1n) is 7.12. The molecule has 21 heavy (non-hydrogen) atoms. The number of amides is 1. The molecule has 1 aromatic rings. The maximum absolute atomic E-state index is 11.9. The summed E-state index contributed by atoms with van der Waals surface area (Å²) in [4.78, 5) is 11.9. The van der Waals surface area contributed by atoms with E-state index < -0.39 is 0 Å². The third kappa shape index (κ3) is 4.53. The Labute approximate surface area is 135 Å². The highest BCUT2D eigenvalue weighted by atomic mass is 35.5. The molecule has 2 N–H and O–H groups in total. The van der Waals surface area contributed by atoms with Crippen LogP contribution in [0.3, 0.4) is 0 Å². The molecular formula is C15H21ClN2O2S. The van der Waals surface area contributed by atoms with E-state index in [2.05, 4.69) is 10.6 Å². The number of nitrogens with one attached hydrogen (secondary N) is 2. The van der Waals surface area contributed by atoms with Gasteiger partial charge in [0, 0.05) is 18.2 Å². The number of aryl methyl sites for hydroxylation is 1. The molecule has 1 saturated heterocycles. The number of benzene rings is 1. The van der Waals surface area contributed by atoms with Gasteiger partial charge in [-0.2, -0.15) is 0 Å². The molecule has 1 unspecified atom stereocenters. The number of hydrogen-bond acceptors (Lipinski definition) is 4. The van der Waals surface area contributed by atoms with Crippen LogP contribution in [0.2, 0.25) is 5.02 Å². The molecule has 116 valence electrons. The minimum atomic E-state index is -0.0555. The van der Waals surface area contributed by atoms with Crippen molar-refractivity contribution in [3.05, 3.63) is 28.3 Å². The zero-order valence-electron chi connectivity index (χ0n) is 12.4. The van der Waals surface area contributed by atoms with Crippen LogP contribution < -0.4 is 15.4 Å². The van der Waals surface area contributed by atoms with Crippen LogP contribution in [0.25, 0.3) is 0 Å². The Morgan fingerprint density at radius 3 is 3.05 bits per heavy atom. The number of hydrogen-bond donors (Lipinski definition) is 2. The molecule has 6 heteroatoms. The first-order chi connectivity index (χ1) is 10.1. The van der Waals surface area contributed by atoms with Gasteiger partial charge < -0.3 is 10.1 Å². The SMILES string of the molecule is CCOc1cc(C)c(CCNC(=O)C2CSCN2)cc1Cl. The molecule has 1 heterocycles. The fraction of sp³-hybridized carbons (Fsp3) is 0.533. The number of ether oxygens (including phenoxy) is 1. The van der Waals surface area contributed by atoms with Crippen molar-refractivity contribution in [2.24, 2.45) is 0 Å². The van der Waals surface area contributed by atoms with E-state index in [1.807, 2.05) is 26.0 Å². The molecule has 0 saturated carbocycles. The summed E-state index contributed by atoms with van der Waals surface area (Å²) < 4.78 is 5.47. The molecule has 0 bridgehead atoms. The smallest absolute Gasteiger partial charge is 0.238 e. The second-order valence-electron chi connectivity index (χ2n) is 4.95. The minimum Gasteiger partial charge on any atom is -0.492 e. The van der Waals surface area contributed by atoms with Crippen molar-refractivity contribution < 1.29 is 9.53 Å². The van der Waals surface area contributed by atoms with Crippen molar-refractivity contribution in [3.8, 4) is 5.75 Å². The van der Waals surface area contributed by atoms with E-state index in [1.165, 1.54) is 0 Å². The second-order valence-corrected chi connectivity index (χ2v) is 6.39. The Bertz CT molecular complexity index is 505. The summed E-state index contributed by atoms with van der Waals surface area (Å²) in [7, 11) is 0. The molecule has 0 radical (unpaired) electrons. The molecule has 1 fully saturated rings. The van der Waals surface area contributed by atoms with E-state index >= 15 is 0 Å². The highest BCUT2D eigenvalue weighted by molar-refractivity contribution is 7.99. The van der Waals surface area contributed by atoms with Crippen molar-refractivity contribution in [1.82, 2.24) is 10.6 Å². The van der Waals surface area contributed by atoms with Crippen molar-refractivity contribution in [2.45, 2.75) is 26.3 Å². The lowest BCUT2D eigenvalue weighted by Gasteiger charge is -2.13. The van der Waals surface area contributed by atoms with Crippen LogP contribution in [-0.2, 0) is 11.2 Å². The summed E-state index contributed by atoms with van der Waals surface area (Å²) in [5, 5.41) is 6.75. The molecule has 0 aromatic heterocycles. The average molecular weight is 329 g/mol. The number of rotatable bonds is 6. The van der Waals surface area contributed by atoms with Gasteiger partial charge in [-0.1, -0.05) is 11.6 Å². The van der Waals surface area contributed by atoms with E-state index in [1.54, 1.807) is 11.8 Å². The number of halogens is 1. The Morgan fingerprint density at radius 2 is 2.38 bits per heavy atom. The number of carbonyl (C=O) groups excluding carboxylic acids is 1. The quantitative estimate of drug-likeness (QED) is 0.841. The Morgan fingerprint density at radius 1 is 1.57 bits per heavy atom. The van der Waals surface area contributed by atoms with Gasteiger partial charge in [-0.15, -0.1) is 11.8 Å². The van der Waals surface area contributed by atoms with Gasteiger partial charge in [0.2, 0.25) is 5.91 Å². The van der Waals surface area contributed by atoms with Crippen LogP contribution >= 0.6 is 23.4 Å². The monoisotopic (exact) mass is 328 g/mol. The van der Waals surface area contributed by atoms with Crippen molar-refractivity contribution in [3.63, 3.8) is 0 Å². The zero-order valence-corrected chi connectivity index (χ0v) is 13.9. The molecule has 1 aromatic carbocycles. The van der Waals surface area contributed by atoms with E-state index in [0.717, 1.165) is 34.9 Å². The molecule has 0 spiro atoms. The van der Waals surface area contributed by atoms with Gasteiger partial charge in [-0.25, -0.2) is 0 Å². The Kier molecular flexibility index (Phi) is 6.21. The van der Waals surface area contributed by atoms with Crippen LogP contribution in [0.4, 0.5) is 0 Å². The number of thioether (sulfide) groups is 1. The van der Waals surface area contributed by atoms with E-state index in [9.17, 15) is 4.79 Å². The topological polar surface area (TPSA) is 50.4 Å². The first-order valence-corrected chi connectivity index (χ1v) is 8.65. The average Bonchev–Trinajstić information content (AvgIpc) is 2.98. The molecule has 1 aliphatic rings. The molecular weight excluding hydrogens is 308 g/mol. The molecule has 1 amide bonds. The lowest BCUT2D eigenvalue weighted by Crippen LogP contribution is -2.42. The summed E-state index contributed by atoms with van der Waals surface area (Å²) in [5.74, 6) is 2.50. The summed E-state index contributed by atoms with van der Waals surface area (Å²) in [6, 6.07) is 3.83. The molecule has 0 aliphatic carbocycles. The van der Waals surface area contributed by atoms with Gasteiger partial charge in [0.1, 0.15) is 5.75 Å². The maximum atomic E-state index is 11.9. The van der Waals surface area contributed by atoms with Crippen LogP contribution in [0.15, 0.2) is 12.1 Å². The molecule has 4 nitrogen and oxygen atoms in total. The van der Waals surface area contributed by atoms with Gasteiger partial charge in [0.05, 0.1) is 17.7 Å². The van der Waals surface area contributed by atoms with Crippen LogP contribution in [0.5, 0.6) is 5.75 Å². The first kappa shape index (κ1) is 16.5. The van der Waals surface area contributed by atoms with Crippen molar-refractivity contribution in [2.75, 3.05) is 24.8 Å². The number of carbonyl (C=O) groups is 1. The fourth-order valence-corrected chi connectivity index (χ4v) is 3.42. The van der Waals surface area contributed by atoms with Crippen molar-refractivity contribution in [1.29, 1.82) is 0 Å². The summed E-state index contributed by atoms with van der Waals surface area (Å²) in [6.45, 7) is 5.18. The van der Waals surface area contributed by atoms with E-state index in [4.69, 9.17) is 16.3 Å². The Balaban J connectivity index is 1.88. The molecule has 1 atom stereocenters. The second kappa shape index (κ2) is 7.92. The van der Waals surface area contributed by atoms with Crippen LogP contribution in [0, 0.1) is 6.92 Å². The lowest BCUT2D eigenvalue weighted by molar-refractivity contribution is -0.122. The van der Waals surface area contributed by atoms with Gasteiger partial charge in [-0.05, 0) is 43.5 Å².